The van der Waals surface area contributed by atoms with Crippen molar-refractivity contribution in [1.29, 1.82) is 0 Å². The van der Waals surface area contributed by atoms with Gasteiger partial charge in [0.2, 0.25) is 0 Å². The summed E-state index contributed by atoms with van der Waals surface area (Å²) in [6.07, 6.45) is -5.10. The van der Waals surface area contributed by atoms with Gasteiger partial charge in [0.25, 0.3) is 0 Å². The maximum absolute atomic E-state index is 12.4. The second-order valence-electron chi connectivity index (χ2n) is 5.58. The van der Waals surface area contributed by atoms with E-state index in [0.29, 0.717) is 17.9 Å². The van der Waals surface area contributed by atoms with Gasteiger partial charge in [-0.25, -0.2) is 4.98 Å². The highest BCUT2D eigenvalue weighted by Gasteiger charge is 2.26. The number of thiophene rings is 1. The fourth-order valence-corrected chi connectivity index (χ4v) is 3.63. The van der Waals surface area contributed by atoms with Crippen molar-refractivity contribution in [1.82, 2.24) is 4.98 Å². The van der Waals surface area contributed by atoms with Gasteiger partial charge in [-0.3, -0.25) is 0 Å². The number of rotatable bonds is 4. The van der Waals surface area contributed by atoms with Crippen LogP contribution in [0.4, 0.5) is 19.0 Å². The topological polar surface area (TPSA) is 62.0 Å². The van der Waals surface area contributed by atoms with Gasteiger partial charge in [0.1, 0.15) is 12.4 Å². The van der Waals surface area contributed by atoms with Crippen molar-refractivity contribution in [3.05, 3.63) is 35.2 Å². The molecular weight excluding hydrogens is 351 g/mol. The summed E-state index contributed by atoms with van der Waals surface area (Å²) in [5.74, 6) is 0.466. The second-order valence-corrected chi connectivity index (χ2v) is 6.50. The van der Waals surface area contributed by atoms with Crippen LogP contribution in [-0.2, 0) is 0 Å². The molecule has 0 spiro atoms. The van der Waals surface area contributed by atoms with Crippen molar-refractivity contribution in [3.63, 3.8) is 0 Å². The summed E-state index contributed by atoms with van der Waals surface area (Å²) in [4.78, 5) is 4.54. The fourth-order valence-electron chi connectivity index (χ4n) is 2.70. The minimum atomic E-state index is -4.20. The van der Waals surface area contributed by atoms with Gasteiger partial charge in [-0.15, -0.1) is 16.4 Å². The average molecular weight is 363 g/mol. The third kappa shape index (κ3) is 3.19. The molecule has 0 unspecified atom stereocenters. The number of halogens is 3. The molecule has 25 heavy (non-hydrogen) atoms. The molecule has 3 aromatic rings. The predicted octanol–water partition coefficient (Wildman–Crippen LogP) is 4.98. The smallest absolute Gasteiger partial charge is 0.369 e. The number of alkyl halides is 3. The van der Waals surface area contributed by atoms with Crippen LogP contribution >= 0.6 is 11.3 Å². The highest BCUT2D eigenvalue weighted by molar-refractivity contribution is 7.18. The number of pyridine rings is 1. The summed E-state index contributed by atoms with van der Waals surface area (Å²) in [5.41, 5.74) is 2.32. The van der Waals surface area contributed by atoms with E-state index in [4.69, 9.17) is 0 Å². The Hall–Kier alpha value is -2.55. The van der Waals surface area contributed by atoms with E-state index < -0.39 is 12.6 Å². The number of hydrogen-bond donors (Lipinski definition) is 1. The van der Waals surface area contributed by atoms with Gasteiger partial charge in [0, 0.05) is 27.6 Å². The summed E-state index contributed by atoms with van der Waals surface area (Å²) in [7, 11) is 0. The van der Waals surface area contributed by atoms with Crippen molar-refractivity contribution in [3.8, 4) is 0 Å². The number of aromatic nitrogens is 1. The summed E-state index contributed by atoms with van der Waals surface area (Å²) in [6.45, 7) is 0.209. The van der Waals surface area contributed by atoms with Crippen LogP contribution < -0.4 is 5.32 Å². The van der Waals surface area contributed by atoms with E-state index in [1.165, 1.54) is 11.3 Å². The van der Waals surface area contributed by atoms with Gasteiger partial charge in [0.05, 0.1) is 17.6 Å². The lowest BCUT2D eigenvalue weighted by atomic mass is 10.1. The first kappa shape index (κ1) is 15.9. The molecule has 0 radical (unpaired) electrons. The van der Waals surface area contributed by atoms with Gasteiger partial charge in [-0.2, -0.15) is 18.3 Å². The number of nitrogens with one attached hydrogen (secondary N) is 1. The molecule has 1 N–H and O–H groups in total. The van der Waals surface area contributed by atoms with Crippen LogP contribution in [0, 0.1) is 0 Å². The molecule has 0 amide bonds. The number of nitrogens with zero attached hydrogens (tertiary/aromatic N) is 4. The molecule has 4 rings (SSSR count). The third-order valence-electron chi connectivity index (χ3n) is 3.88. The average Bonchev–Trinajstić information content (AvgIpc) is 3.25. The Morgan fingerprint density at radius 3 is 2.80 bits per heavy atom. The number of benzene rings is 1. The minimum absolute atomic E-state index is 0.211. The van der Waals surface area contributed by atoms with Crippen LogP contribution in [0.5, 0.6) is 0 Å². The first-order valence-corrected chi connectivity index (χ1v) is 8.44. The van der Waals surface area contributed by atoms with E-state index in [9.17, 15) is 13.2 Å². The SMILES string of the molecule is FC(F)(F)CCNc1nc2cc(C3=NN=NC3)ccc2c2sccc12. The Morgan fingerprint density at radius 1 is 1.16 bits per heavy atom. The van der Waals surface area contributed by atoms with Gasteiger partial charge < -0.3 is 5.32 Å². The van der Waals surface area contributed by atoms with Crippen molar-refractivity contribution in [2.24, 2.45) is 15.4 Å². The monoisotopic (exact) mass is 363 g/mol. The molecular formula is C16H12F3N5S. The first-order chi connectivity index (χ1) is 12.0. The fraction of sp³-hybridized carbons (Fsp3) is 0.250. The molecule has 5 nitrogen and oxygen atoms in total. The van der Waals surface area contributed by atoms with Crippen molar-refractivity contribution in [2.45, 2.75) is 12.6 Å². The van der Waals surface area contributed by atoms with Crippen LogP contribution in [0.3, 0.4) is 0 Å². The van der Waals surface area contributed by atoms with Gasteiger partial charge >= 0.3 is 6.18 Å². The molecule has 1 aliphatic heterocycles. The normalized spacial score (nSPS) is 14.4. The molecule has 128 valence electrons. The Kier molecular flexibility index (Phi) is 3.87. The molecule has 1 aromatic carbocycles. The van der Waals surface area contributed by atoms with Crippen LogP contribution in [0.15, 0.2) is 45.1 Å². The zero-order chi connectivity index (χ0) is 17.4. The van der Waals surface area contributed by atoms with Crippen molar-refractivity contribution >= 4 is 43.9 Å². The summed E-state index contributed by atoms with van der Waals surface area (Å²) in [6, 6.07) is 7.64. The number of hydrogen-bond acceptors (Lipinski definition) is 6. The van der Waals surface area contributed by atoms with E-state index in [2.05, 4.69) is 25.7 Å². The summed E-state index contributed by atoms with van der Waals surface area (Å²) >= 11 is 1.54. The molecule has 0 fully saturated rings. The molecule has 1 aliphatic rings. The van der Waals surface area contributed by atoms with Gasteiger partial charge in [0.15, 0.2) is 0 Å². The zero-order valence-electron chi connectivity index (χ0n) is 12.8. The molecule has 0 bridgehead atoms. The van der Waals surface area contributed by atoms with Crippen LogP contribution in [0.2, 0.25) is 0 Å². The largest absolute Gasteiger partial charge is 0.390 e. The van der Waals surface area contributed by atoms with Gasteiger partial charge in [-0.1, -0.05) is 12.1 Å². The van der Waals surface area contributed by atoms with E-state index >= 15 is 0 Å². The van der Waals surface area contributed by atoms with Crippen molar-refractivity contribution < 1.29 is 13.2 Å². The van der Waals surface area contributed by atoms with Crippen LogP contribution in [-0.4, -0.2) is 30.0 Å². The molecule has 0 saturated heterocycles. The maximum atomic E-state index is 12.4. The highest BCUT2D eigenvalue weighted by Crippen LogP contribution is 2.34. The molecule has 0 saturated carbocycles. The summed E-state index contributed by atoms with van der Waals surface area (Å²) in [5, 5.41) is 17.9. The van der Waals surface area contributed by atoms with Crippen LogP contribution in [0.1, 0.15) is 12.0 Å². The lowest BCUT2D eigenvalue weighted by Crippen LogP contribution is -2.15. The predicted molar refractivity (Wildman–Crippen MR) is 92.5 cm³/mol. The molecule has 2 aromatic heterocycles. The van der Waals surface area contributed by atoms with Crippen molar-refractivity contribution in [2.75, 3.05) is 18.4 Å². The molecule has 9 heteroatoms. The molecule has 0 aliphatic carbocycles. The van der Waals surface area contributed by atoms with Gasteiger partial charge in [-0.05, 0) is 22.7 Å². The Balaban J connectivity index is 1.74. The molecule has 0 atom stereocenters. The van der Waals surface area contributed by atoms with E-state index in [0.717, 1.165) is 26.7 Å². The van der Waals surface area contributed by atoms with Crippen LogP contribution in [0.25, 0.3) is 21.0 Å². The quantitative estimate of drug-likeness (QED) is 0.710. The van der Waals surface area contributed by atoms with E-state index in [-0.39, 0.29) is 6.54 Å². The second kappa shape index (κ2) is 6.07. The van der Waals surface area contributed by atoms with E-state index in [1.807, 2.05) is 29.6 Å². The lowest BCUT2D eigenvalue weighted by Gasteiger charge is -2.11. The number of fused-ring (bicyclic) bond motifs is 3. The lowest BCUT2D eigenvalue weighted by molar-refractivity contribution is -0.131. The third-order valence-corrected chi connectivity index (χ3v) is 4.83. The first-order valence-electron chi connectivity index (χ1n) is 7.56. The Bertz CT molecular complexity index is 1010. The maximum Gasteiger partial charge on any atom is 0.390 e. The minimum Gasteiger partial charge on any atom is -0.369 e. The zero-order valence-corrected chi connectivity index (χ0v) is 13.7. The Morgan fingerprint density at radius 2 is 2.04 bits per heavy atom. The highest BCUT2D eigenvalue weighted by atomic mass is 32.1. The molecule has 3 heterocycles. The number of anilines is 1. The Labute approximate surface area is 144 Å². The standard InChI is InChI=1S/C16H12F3N5S/c17-16(18,19)4-5-20-15-11-3-6-25-14(11)10-2-1-9(7-12(10)22-15)13-8-21-24-23-13/h1-3,6-7H,4-5,8H2,(H,20,22). The summed E-state index contributed by atoms with van der Waals surface area (Å²) < 4.78 is 38.2. The van der Waals surface area contributed by atoms with E-state index in [1.54, 1.807) is 0 Å².